The molecule has 1 aliphatic rings. The van der Waals surface area contributed by atoms with Crippen LogP contribution in [0.25, 0.3) is 0 Å². The van der Waals surface area contributed by atoms with Gasteiger partial charge in [0.2, 0.25) is 0 Å². The van der Waals surface area contributed by atoms with E-state index in [9.17, 15) is 4.79 Å². The van der Waals surface area contributed by atoms with E-state index < -0.39 is 0 Å². The lowest BCUT2D eigenvalue weighted by Gasteiger charge is -2.17. The summed E-state index contributed by atoms with van der Waals surface area (Å²) < 4.78 is 4.80. The minimum atomic E-state index is -0.328. The van der Waals surface area contributed by atoms with Crippen molar-refractivity contribution in [3.05, 3.63) is 18.2 Å². The molecule has 1 aromatic rings. The van der Waals surface area contributed by atoms with Crippen molar-refractivity contribution in [3.63, 3.8) is 0 Å². The molecule has 19 heavy (non-hydrogen) atoms. The summed E-state index contributed by atoms with van der Waals surface area (Å²) in [5.41, 5.74) is 13.5. The number of carbonyl (C=O) groups is 1. The van der Waals surface area contributed by atoms with Crippen LogP contribution in [0.15, 0.2) is 18.2 Å². The smallest absolute Gasteiger partial charge is 0.303 e. The first-order valence-electron chi connectivity index (χ1n) is 6.05. The van der Waals surface area contributed by atoms with Gasteiger partial charge in [-0.1, -0.05) is 0 Å². The predicted octanol–water partition coefficient (Wildman–Crippen LogP) is 1.70. The Morgan fingerprint density at radius 3 is 2.32 bits per heavy atom. The van der Waals surface area contributed by atoms with Crippen molar-refractivity contribution >= 4 is 23.0 Å². The minimum absolute atomic E-state index is 0.188. The number of rotatable bonds is 0. The fourth-order valence-corrected chi connectivity index (χ4v) is 1.61. The number of hydrogen-bond donors (Lipinski definition) is 4. The van der Waals surface area contributed by atoms with E-state index >= 15 is 0 Å². The molecule has 106 valence electrons. The highest BCUT2D eigenvalue weighted by Crippen LogP contribution is 2.28. The van der Waals surface area contributed by atoms with Crippen molar-refractivity contribution in [2.75, 3.05) is 16.4 Å². The van der Waals surface area contributed by atoms with Crippen LogP contribution in [0.5, 0.6) is 0 Å². The number of fused-ring (bicyclic) bond motifs is 1. The molecule has 0 spiro atoms. The normalized spacial score (nSPS) is 16.4. The van der Waals surface area contributed by atoms with Gasteiger partial charge in [0, 0.05) is 12.6 Å². The summed E-state index contributed by atoms with van der Waals surface area (Å²) in [6.07, 6.45) is -0.188. The summed E-state index contributed by atoms with van der Waals surface area (Å²) in [6.45, 7) is 6.93. The van der Waals surface area contributed by atoms with Crippen LogP contribution >= 0.6 is 0 Å². The van der Waals surface area contributed by atoms with Crippen LogP contribution < -0.4 is 22.1 Å². The quantitative estimate of drug-likeness (QED) is 0.421. The second kappa shape index (κ2) is 5.79. The van der Waals surface area contributed by atoms with E-state index in [0.717, 1.165) is 17.1 Å². The third-order valence-corrected chi connectivity index (χ3v) is 2.12. The highest BCUT2D eigenvalue weighted by atomic mass is 16.6. The molecule has 1 atom stereocenters. The number of carbonyl (C=O) groups excluding carboxylic acids is 1. The fraction of sp³-hybridized carbons (Fsp3) is 0.462. The van der Waals surface area contributed by atoms with Crippen LogP contribution in [0.4, 0.5) is 17.1 Å². The monoisotopic (exact) mass is 266 g/mol. The molecule has 6 nitrogen and oxygen atoms in total. The average Bonchev–Trinajstić information content (AvgIpc) is 2.54. The first kappa shape index (κ1) is 15.1. The molecule has 0 aromatic heterocycles. The highest BCUT2D eigenvalue weighted by Gasteiger charge is 2.14. The minimum Gasteiger partial charge on any atom is -0.460 e. The van der Waals surface area contributed by atoms with Crippen molar-refractivity contribution in [1.82, 2.24) is 0 Å². The van der Waals surface area contributed by atoms with Gasteiger partial charge in [-0.2, -0.15) is 0 Å². The predicted molar refractivity (Wildman–Crippen MR) is 77.6 cm³/mol. The number of esters is 1. The van der Waals surface area contributed by atoms with Gasteiger partial charge in [-0.25, -0.2) is 0 Å². The topological polar surface area (TPSA) is 102 Å². The lowest BCUT2D eigenvalue weighted by atomic mass is 10.2. The molecule has 0 aliphatic carbocycles. The summed E-state index contributed by atoms with van der Waals surface area (Å²) in [4.78, 5) is 10.2. The molecule has 1 heterocycles. The largest absolute Gasteiger partial charge is 0.460 e. The third kappa shape index (κ3) is 5.48. The van der Waals surface area contributed by atoms with Crippen LogP contribution in [-0.2, 0) is 9.53 Å². The molecule has 2 rings (SSSR count). The van der Waals surface area contributed by atoms with Crippen molar-refractivity contribution < 1.29 is 9.53 Å². The van der Waals surface area contributed by atoms with Crippen LogP contribution in [0.3, 0.4) is 0 Å². The van der Waals surface area contributed by atoms with E-state index in [2.05, 4.69) is 10.6 Å². The Bertz CT molecular complexity index is 454. The van der Waals surface area contributed by atoms with E-state index in [1.165, 1.54) is 6.92 Å². The van der Waals surface area contributed by atoms with Gasteiger partial charge in [-0.3, -0.25) is 10.5 Å². The Balaban J connectivity index is 0.000000203. The molecule has 0 saturated heterocycles. The zero-order valence-corrected chi connectivity index (χ0v) is 11.8. The van der Waals surface area contributed by atoms with Gasteiger partial charge in [0.15, 0.2) is 6.29 Å². The van der Waals surface area contributed by atoms with E-state index in [4.69, 9.17) is 16.2 Å². The number of nitrogen functional groups attached to an aromatic ring is 1. The maximum Gasteiger partial charge on any atom is 0.303 e. The summed E-state index contributed by atoms with van der Waals surface area (Å²) >= 11 is 0. The number of nitrogens with one attached hydrogen (secondary N) is 2. The van der Waals surface area contributed by atoms with Gasteiger partial charge in [0.1, 0.15) is 5.60 Å². The Kier molecular flexibility index (Phi) is 4.61. The number of ether oxygens (including phenoxy) is 1. The van der Waals surface area contributed by atoms with Gasteiger partial charge in [-0.15, -0.1) is 0 Å². The zero-order valence-electron chi connectivity index (χ0n) is 11.8. The van der Waals surface area contributed by atoms with E-state index in [0.29, 0.717) is 0 Å². The van der Waals surface area contributed by atoms with Gasteiger partial charge < -0.3 is 21.1 Å². The highest BCUT2D eigenvalue weighted by molar-refractivity contribution is 5.77. The summed E-state index contributed by atoms with van der Waals surface area (Å²) in [7, 11) is 0. The molecule has 0 fully saturated rings. The van der Waals surface area contributed by atoms with Crippen molar-refractivity contribution in [3.8, 4) is 0 Å². The molecule has 1 aromatic carbocycles. The van der Waals surface area contributed by atoms with Crippen LogP contribution in [-0.4, -0.2) is 17.9 Å². The number of benzene rings is 1. The Morgan fingerprint density at radius 1 is 1.26 bits per heavy atom. The van der Waals surface area contributed by atoms with Crippen molar-refractivity contribution in [2.45, 2.75) is 39.6 Å². The molecule has 6 heteroatoms. The maximum absolute atomic E-state index is 10.2. The fourth-order valence-electron chi connectivity index (χ4n) is 1.61. The van der Waals surface area contributed by atoms with E-state index in [1.807, 2.05) is 39.0 Å². The van der Waals surface area contributed by atoms with Crippen molar-refractivity contribution in [1.29, 1.82) is 0 Å². The van der Waals surface area contributed by atoms with Gasteiger partial charge >= 0.3 is 5.97 Å². The Labute approximate surface area is 113 Å². The molecule has 1 aliphatic heterocycles. The molecule has 1 unspecified atom stereocenters. The molecule has 0 bridgehead atoms. The molecule has 0 saturated carbocycles. The summed E-state index contributed by atoms with van der Waals surface area (Å²) in [6, 6.07) is 5.60. The second-order valence-corrected chi connectivity index (χ2v) is 5.28. The molecule has 6 N–H and O–H groups in total. The SMILES string of the molecule is CC(=O)OC(C)(C)C.Nc1ccc2c(c1)NC(N)N2. The van der Waals surface area contributed by atoms with E-state index in [-0.39, 0.29) is 17.9 Å². The van der Waals surface area contributed by atoms with E-state index in [1.54, 1.807) is 0 Å². The lowest BCUT2D eigenvalue weighted by molar-refractivity contribution is -0.151. The standard InChI is InChI=1S/C7H10N4.C6H12O2/c8-4-1-2-5-6(3-4)11-7(9)10-5;1-5(7)8-6(2,3)4/h1-3,7,10-11H,8-9H2;1-4H3. The third-order valence-electron chi connectivity index (χ3n) is 2.12. The van der Waals surface area contributed by atoms with Crippen molar-refractivity contribution in [2.24, 2.45) is 5.73 Å². The van der Waals surface area contributed by atoms with Crippen LogP contribution in [0.1, 0.15) is 27.7 Å². The molecule has 0 radical (unpaired) electrons. The molecule has 0 amide bonds. The molecular formula is C13H22N4O2. The first-order valence-corrected chi connectivity index (χ1v) is 6.05. The lowest BCUT2D eigenvalue weighted by Crippen LogP contribution is -2.31. The average molecular weight is 266 g/mol. The number of hydrogen-bond acceptors (Lipinski definition) is 6. The number of anilines is 3. The first-order chi connectivity index (χ1) is 8.67. The van der Waals surface area contributed by atoms with Crippen LogP contribution in [0.2, 0.25) is 0 Å². The maximum atomic E-state index is 10.2. The van der Waals surface area contributed by atoms with Crippen LogP contribution in [0, 0.1) is 0 Å². The second-order valence-electron chi connectivity index (χ2n) is 5.28. The van der Waals surface area contributed by atoms with Gasteiger partial charge in [0.25, 0.3) is 0 Å². The Morgan fingerprint density at radius 2 is 1.84 bits per heavy atom. The Hall–Kier alpha value is -1.95. The van der Waals surface area contributed by atoms with Gasteiger partial charge in [-0.05, 0) is 39.0 Å². The summed E-state index contributed by atoms with van der Waals surface area (Å²) in [5.74, 6) is -0.225. The summed E-state index contributed by atoms with van der Waals surface area (Å²) in [5, 5.41) is 6.06. The molecular weight excluding hydrogens is 244 g/mol. The number of nitrogens with two attached hydrogens (primary N) is 2. The zero-order chi connectivity index (χ0) is 14.6. The van der Waals surface area contributed by atoms with Gasteiger partial charge in [0.05, 0.1) is 11.4 Å².